The standard InChI is InChI=1S/C20H24N4O3/c25-20(22-12-15-3-5-17-18(11-15)27-10-9-26-17)23-14-16-4-6-19(21-13-16)24-7-1-2-8-24/h3-6,11,13H,1-2,7-10,12,14H2,(H2,22,23,25). The molecule has 27 heavy (non-hydrogen) atoms. The van der Waals surface area contributed by atoms with E-state index in [2.05, 4.69) is 20.5 Å². The van der Waals surface area contributed by atoms with E-state index in [0.29, 0.717) is 26.3 Å². The summed E-state index contributed by atoms with van der Waals surface area (Å²) < 4.78 is 11.1. The average molecular weight is 368 g/mol. The van der Waals surface area contributed by atoms with Gasteiger partial charge in [0.15, 0.2) is 11.5 Å². The van der Waals surface area contributed by atoms with E-state index in [4.69, 9.17) is 9.47 Å². The summed E-state index contributed by atoms with van der Waals surface area (Å²) in [5, 5.41) is 5.72. The van der Waals surface area contributed by atoms with Gasteiger partial charge in [-0.25, -0.2) is 9.78 Å². The topological polar surface area (TPSA) is 75.7 Å². The van der Waals surface area contributed by atoms with Crippen molar-refractivity contribution < 1.29 is 14.3 Å². The minimum atomic E-state index is -0.214. The Morgan fingerprint density at radius 1 is 0.963 bits per heavy atom. The van der Waals surface area contributed by atoms with E-state index in [1.165, 1.54) is 12.8 Å². The van der Waals surface area contributed by atoms with Gasteiger partial charge in [0.1, 0.15) is 19.0 Å². The summed E-state index contributed by atoms with van der Waals surface area (Å²) in [5.41, 5.74) is 1.94. The van der Waals surface area contributed by atoms with E-state index in [-0.39, 0.29) is 6.03 Å². The first-order valence-corrected chi connectivity index (χ1v) is 9.38. The highest BCUT2D eigenvalue weighted by Gasteiger charge is 2.13. The van der Waals surface area contributed by atoms with Gasteiger partial charge in [-0.15, -0.1) is 0 Å². The van der Waals surface area contributed by atoms with E-state index in [1.807, 2.05) is 36.5 Å². The van der Waals surface area contributed by atoms with Gasteiger partial charge in [-0.2, -0.15) is 0 Å². The monoisotopic (exact) mass is 368 g/mol. The van der Waals surface area contributed by atoms with Crippen molar-refractivity contribution in [1.82, 2.24) is 15.6 Å². The van der Waals surface area contributed by atoms with Crippen molar-refractivity contribution in [3.63, 3.8) is 0 Å². The quantitative estimate of drug-likeness (QED) is 0.848. The maximum atomic E-state index is 12.0. The Bertz CT molecular complexity index is 788. The highest BCUT2D eigenvalue weighted by Crippen LogP contribution is 2.30. The zero-order valence-corrected chi connectivity index (χ0v) is 15.2. The zero-order valence-electron chi connectivity index (χ0n) is 15.2. The van der Waals surface area contributed by atoms with Crippen LogP contribution in [-0.2, 0) is 13.1 Å². The molecular weight excluding hydrogens is 344 g/mol. The molecule has 0 unspecified atom stereocenters. The molecule has 0 atom stereocenters. The van der Waals surface area contributed by atoms with Crippen LogP contribution in [0.1, 0.15) is 24.0 Å². The summed E-state index contributed by atoms with van der Waals surface area (Å²) in [7, 11) is 0. The first-order valence-electron chi connectivity index (χ1n) is 9.38. The zero-order chi connectivity index (χ0) is 18.5. The molecule has 2 aliphatic rings. The molecular formula is C20H24N4O3. The van der Waals surface area contributed by atoms with Gasteiger partial charge >= 0.3 is 6.03 Å². The summed E-state index contributed by atoms with van der Waals surface area (Å²) in [6, 6.07) is 9.52. The van der Waals surface area contributed by atoms with Gasteiger partial charge in [-0.3, -0.25) is 0 Å². The van der Waals surface area contributed by atoms with Crippen LogP contribution in [0.5, 0.6) is 11.5 Å². The molecule has 0 aliphatic carbocycles. The largest absolute Gasteiger partial charge is 0.486 e. The fourth-order valence-corrected chi connectivity index (χ4v) is 3.28. The number of hydrogen-bond donors (Lipinski definition) is 2. The van der Waals surface area contributed by atoms with Crippen molar-refractivity contribution in [2.75, 3.05) is 31.2 Å². The van der Waals surface area contributed by atoms with Crippen LogP contribution >= 0.6 is 0 Å². The van der Waals surface area contributed by atoms with Gasteiger partial charge in [0.25, 0.3) is 0 Å². The number of carbonyl (C=O) groups is 1. The fraction of sp³-hybridized carbons (Fsp3) is 0.400. The van der Waals surface area contributed by atoms with Crippen LogP contribution < -0.4 is 25.0 Å². The van der Waals surface area contributed by atoms with E-state index in [0.717, 1.165) is 41.5 Å². The molecule has 2 amide bonds. The molecule has 7 nitrogen and oxygen atoms in total. The number of nitrogens with one attached hydrogen (secondary N) is 2. The summed E-state index contributed by atoms with van der Waals surface area (Å²) in [4.78, 5) is 18.8. The van der Waals surface area contributed by atoms with Gasteiger partial charge in [-0.05, 0) is 42.2 Å². The number of aromatic nitrogens is 1. The lowest BCUT2D eigenvalue weighted by molar-refractivity contribution is 0.171. The molecule has 1 fully saturated rings. The Balaban J connectivity index is 1.23. The number of anilines is 1. The van der Waals surface area contributed by atoms with Gasteiger partial charge in [0.05, 0.1) is 0 Å². The normalized spacial score (nSPS) is 15.5. The van der Waals surface area contributed by atoms with Crippen LogP contribution in [0.4, 0.5) is 10.6 Å². The second kappa shape index (κ2) is 8.16. The predicted octanol–water partition coefficient (Wildman–Crippen LogP) is 2.45. The van der Waals surface area contributed by atoms with Crippen LogP contribution in [0, 0.1) is 0 Å². The van der Waals surface area contributed by atoms with Crippen molar-refractivity contribution in [3.05, 3.63) is 47.7 Å². The van der Waals surface area contributed by atoms with Crippen molar-refractivity contribution in [2.24, 2.45) is 0 Å². The summed E-state index contributed by atoms with van der Waals surface area (Å²) in [5.74, 6) is 2.49. The molecule has 0 bridgehead atoms. The smallest absolute Gasteiger partial charge is 0.315 e. The molecule has 0 spiro atoms. The number of nitrogens with zero attached hydrogens (tertiary/aromatic N) is 2. The van der Waals surface area contributed by atoms with E-state index in [9.17, 15) is 4.79 Å². The van der Waals surface area contributed by atoms with Crippen molar-refractivity contribution in [3.8, 4) is 11.5 Å². The molecule has 3 heterocycles. The maximum absolute atomic E-state index is 12.0. The van der Waals surface area contributed by atoms with Gasteiger partial charge in [0.2, 0.25) is 0 Å². The molecule has 1 saturated heterocycles. The van der Waals surface area contributed by atoms with Gasteiger partial charge < -0.3 is 25.0 Å². The number of benzene rings is 1. The van der Waals surface area contributed by atoms with E-state index in [1.54, 1.807) is 0 Å². The second-order valence-electron chi connectivity index (χ2n) is 6.73. The summed E-state index contributed by atoms with van der Waals surface area (Å²) in [6.07, 6.45) is 4.29. The molecule has 1 aromatic carbocycles. The number of hydrogen-bond acceptors (Lipinski definition) is 5. The summed E-state index contributed by atoms with van der Waals surface area (Å²) >= 11 is 0. The van der Waals surface area contributed by atoms with Crippen LogP contribution in [0.2, 0.25) is 0 Å². The van der Waals surface area contributed by atoms with Crippen LogP contribution in [0.25, 0.3) is 0 Å². The summed E-state index contributed by atoms with van der Waals surface area (Å²) in [6.45, 7) is 4.14. The Kier molecular flexibility index (Phi) is 5.27. The molecule has 0 saturated carbocycles. The molecule has 2 N–H and O–H groups in total. The third kappa shape index (κ3) is 4.42. The van der Waals surface area contributed by atoms with E-state index < -0.39 is 0 Å². The number of carbonyl (C=O) groups excluding carboxylic acids is 1. The molecule has 7 heteroatoms. The number of pyridine rings is 1. The Labute approximate surface area is 158 Å². The number of ether oxygens (including phenoxy) is 2. The maximum Gasteiger partial charge on any atom is 0.315 e. The molecule has 142 valence electrons. The minimum absolute atomic E-state index is 0.214. The number of amides is 2. The van der Waals surface area contributed by atoms with Crippen molar-refractivity contribution in [2.45, 2.75) is 25.9 Å². The molecule has 4 rings (SSSR count). The van der Waals surface area contributed by atoms with Crippen LogP contribution in [-0.4, -0.2) is 37.3 Å². The lowest BCUT2D eigenvalue weighted by Gasteiger charge is -2.19. The Morgan fingerprint density at radius 2 is 1.67 bits per heavy atom. The van der Waals surface area contributed by atoms with E-state index >= 15 is 0 Å². The Morgan fingerprint density at radius 3 is 2.41 bits per heavy atom. The van der Waals surface area contributed by atoms with Crippen LogP contribution in [0.3, 0.4) is 0 Å². The number of rotatable bonds is 5. The first-order chi connectivity index (χ1) is 13.3. The molecule has 2 aliphatic heterocycles. The van der Waals surface area contributed by atoms with Gasteiger partial charge in [0, 0.05) is 32.4 Å². The average Bonchev–Trinajstić information content (AvgIpc) is 3.26. The fourth-order valence-electron chi connectivity index (χ4n) is 3.28. The molecule has 2 aromatic rings. The lowest BCUT2D eigenvalue weighted by Crippen LogP contribution is -2.34. The lowest BCUT2D eigenvalue weighted by atomic mass is 10.2. The highest BCUT2D eigenvalue weighted by molar-refractivity contribution is 5.73. The van der Waals surface area contributed by atoms with Crippen molar-refractivity contribution in [1.29, 1.82) is 0 Å². The molecule has 0 radical (unpaired) electrons. The SMILES string of the molecule is O=C(NCc1ccc(N2CCCC2)nc1)NCc1ccc2c(c1)OCCO2. The number of fused-ring (bicyclic) bond motifs is 1. The Hall–Kier alpha value is -2.96. The second-order valence-corrected chi connectivity index (χ2v) is 6.73. The van der Waals surface area contributed by atoms with Crippen LogP contribution in [0.15, 0.2) is 36.5 Å². The number of urea groups is 1. The third-order valence-electron chi connectivity index (χ3n) is 4.75. The first kappa shape index (κ1) is 17.5. The van der Waals surface area contributed by atoms with Crippen molar-refractivity contribution >= 4 is 11.8 Å². The minimum Gasteiger partial charge on any atom is -0.486 e. The highest BCUT2D eigenvalue weighted by atomic mass is 16.6. The third-order valence-corrected chi connectivity index (χ3v) is 4.75. The van der Waals surface area contributed by atoms with Gasteiger partial charge in [-0.1, -0.05) is 12.1 Å². The predicted molar refractivity (Wildman–Crippen MR) is 102 cm³/mol. The molecule has 1 aromatic heterocycles.